The van der Waals surface area contributed by atoms with E-state index in [9.17, 15) is 0 Å². The molecule has 0 saturated heterocycles. The first-order valence-electron chi connectivity index (χ1n) is 8.98. The Labute approximate surface area is 159 Å². The molecule has 0 aliphatic heterocycles. The summed E-state index contributed by atoms with van der Waals surface area (Å²) in [5.74, 6) is 2.32. The van der Waals surface area contributed by atoms with Gasteiger partial charge in [-0.15, -0.1) is 0 Å². The van der Waals surface area contributed by atoms with E-state index in [1.807, 2.05) is 37.3 Å². The molecular formula is C24H21NO2. The van der Waals surface area contributed by atoms with Gasteiger partial charge in [0.15, 0.2) is 0 Å². The highest BCUT2D eigenvalue weighted by atomic mass is 16.5. The van der Waals surface area contributed by atoms with Gasteiger partial charge in [-0.2, -0.15) is 0 Å². The van der Waals surface area contributed by atoms with Gasteiger partial charge in [0.25, 0.3) is 0 Å². The highest BCUT2D eigenvalue weighted by Crippen LogP contribution is 2.26. The molecule has 3 nitrogen and oxygen atoms in total. The molecule has 0 fully saturated rings. The number of nitrogens with zero attached hydrogens (tertiary/aromatic N) is 1. The van der Waals surface area contributed by atoms with Crippen LogP contribution in [0.25, 0.3) is 22.6 Å². The minimum Gasteiger partial charge on any atom is -0.497 e. The van der Waals surface area contributed by atoms with Crippen molar-refractivity contribution in [2.75, 3.05) is 7.11 Å². The van der Waals surface area contributed by atoms with Crippen LogP contribution in [0.1, 0.15) is 17.0 Å². The number of oxazole rings is 1. The van der Waals surface area contributed by atoms with Gasteiger partial charge < -0.3 is 9.15 Å². The third-order valence-electron chi connectivity index (χ3n) is 4.64. The van der Waals surface area contributed by atoms with Crippen molar-refractivity contribution in [3.05, 3.63) is 95.9 Å². The molecule has 27 heavy (non-hydrogen) atoms. The molecule has 1 heterocycles. The zero-order valence-corrected chi connectivity index (χ0v) is 15.5. The highest BCUT2D eigenvalue weighted by molar-refractivity contribution is 5.64. The fourth-order valence-corrected chi connectivity index (χ4v) is 3.13. The number of aryl methyl sites for hydroxylation is 1. The minimum absolute atomic E-state index is 0.643. The highest BCUT2D eigenvalue weighted by Gasteiger charge is 2.12. The zero-order valence-electron chi connectivity index (χ0n) is 15.5. The summed E-state index contributed by atoms with van der Waals surface area (Å²) in [6.07, 6.45) is 0.742. The smallest absolute Gasteiger partial charge is 0.226 e. The average molecular weight is 355 g/mol. The molecule has 0 unspecified atom stereocenters. The van der Waals surface area contributed by atoms with Crippen molar-refractivity contribution in [2.24, 2.45) is 0 Å². The van der Waals surface area contributed by atoms with Crippen LogP contribution in [0.15, 0.2) is 83.3 Å². The molecule has 0 amide bonds. The Morgan fingerprint density at radius 2 is 1.56 bits per heavy atom. The second kappa shape index (κ2) is 7.50. The SMILES string of the molecule is COc1ccc(-c2nc(Cc3cccc(-c4ccccc4)c3)c(C)o2)cc1. The molecule has 0 bridgehead atoms. The minimum atomic E-state index is 0.643. The van der Waals surface area contributed by atoms with E-state index >= 15 is 0 Å². The van der Waals surface area contributed by atoms with E-state index in [1.54, 1.807) is 7.11 Å². The molecule has 0 N–H and O–H groups in total. The van der Waals surface area contributed by atoms with E-state index in [0.717, 1.165) is 29.2 Å². The number of methoxy groups -OCH3 is 1. The molecule has 3 aromatic carbocycles. The molecule has 4 aromatic rings. The maximum atomic E-state index is 5.91. The Kier molecular flexibility index (Phi) is 4.75. The Hall–Kier alpha value is -3.33. The number of rotatable bonds is 5. The number of ether oxygens (including phenoxy) is 1. The summed E-state index contributed by atoms with van der Waals surface area (Å²) in [4.78, 5) is 4.73. The Morgan fingerprint density at radius 3 is 2.30 bits per heavy atom. The Bertz CT molecular complexity index is 1030. The molecule has 134 valence electrons. The summed E-state index contributed by atoms with van der Waals surface area (Å²) in [5, 5.41) is 0. The predicted octanol–water partition coefficient (Wildman–Crippen LogP) is 5.92. The lowest BCUT2D eigenvalue weighted by molar-refractivity contribution is 0.415. The van der Waals surface area contributed by atoms with Crippen LogP contribution in [0.4, 0.5) is 0 Å². The van der Waals surface area contributed by atoms with Gasteiger partial charge in [-0.25, -0.2) is 4.98 Å². The van der Waals surface area contributed by atoms with Crippen LogP contribution in [-0.4, -0.2) is 12.1 Å². The summed E-state index contributed by atoms with van der Waals surface area (Å²) in [5.41, 5.74) is 5.56. The largest absolute Gasteiger partial charge is 0.497 e. The fourth-order valence-electron chi connectivity index (χ4n) is 3.13. The van der Waals surface area contributed by atoms with E-state index in [-0.39, 0.29) is 0 Å². The van der Waals surface area contributed by atoms with Crippen molar-refractivity contribution in [2.45, 2.75) is 13.3 Å². The second-order valence-corrected chi connectivity index (χ2v) is 6.49. The summed E-state index contributed by atoms with van der Waals surface area (Å²) in [6, 6.07) is 26.7. The fraction of sp³-hybridized carbons (Fsp3) is 0.125. The van der Waals surface area contributed by atoms with Crippen molar-refractivity contribution in [3.63, 3.8) is 0 Å². The molecule has 0 radical (unpaired) electrons. The van der Waals surface area contributed by atoms with Gasteiger partial charge in [0.1, 0.15) is 11.5 Å². The number of hydrogen-bond acceptors (Lipinski definition) is 3. The third-order valence-corrected chi connectivity index (χ3v) is 4.64. The van der Waals surface area contributed by atoms with Gasteiger partial charge in [-0.05, 0) is 47.9 Å². The van der Waals surface area contributed by atoms with Crippen molar-refractivity contribution in [3.8, 4) is 28.3 Å². The van der Waals surface area contributed by atoms with Crippen molar-refractivity contribution < 1.29 is 9.15 Å². The van der Waals surface area contributed by atoms with Gasteiger partial charge in [-0.1, -0.05) is 54.6 Å². The Morgan fingerprint density at radius 1 is 0.815 bits per heavy atom. The van der Waals surface area contributed by atoms with Crippen molar-refractivity contribution in [1.29, 1.82) is 0 Å². The number of aromatic nitrogens is 1. The van der Waals surface area contributed by atoms with E-state index in [0.29, 0.717) is 5.89 Å². The lowest BCUT2D eigenvalue weighted by Gasteiger charge is -2.05. The van der Waals surface area contributed by atoms with Crippen LogP contribution in [0.5, 0.6) is 5.75 Å². The molecule has 4 rings (SSSR count). The molecule has 0 saturated carbocycles. The first-order chi connectivity index (χ1) is 13.2. The Balaban J connectivity index is 1.59. The quantitative estimate of drug-likeness (QED) is 0.446. The van der Waals surface area contributed by atoms with Crippen LogP contribution >= 0.6 is 0 Å². The van der Waals surface area contributed by atoms with Gasteiger partial charge in [0.05, 0.1) is 12.8 Å². The summed E-state index contributed by atoms with van der Waals surface area (Å²) in [6.45, 7) is 1.97. The van der Waals surface area contributed by atoms with E-state index in [2.05, 4.69) is 48.5 Å². The molecule has 0 atom stereocenters. The van der Waals surface area contributed by atoms with Crippen LogP contribution in [0.2, 0.25) is 0 Å². The lowest BCUT2D eigenvalue weighted by atomic mass is 10.0. The molecule has 3 heteroatoms. The molecule has 1 aromatic heterocycles. The average Bonchev–Trinajstić information content (AvgIpc) is 3.09. The van der Waals surface area contributed by atoms with Gasteiger partial charge >= 0.3 is 0 Å². The van der Waals surface area contributed by atoms with Crippen LogP contribution in [-0.2, 0) is 6.42 Å². The maximum absolute atomic E-state index is 5.91. The summed E-state index contributed by atoms with van der Waals surface area (Å²) < 4.78 is 11.1. The van der Waals surface area contributed by atoms with Gasteiger partial charge in [0.2, 0.25) is 5.89 Å². The lowest BCUT2D eigenvalue weighted by Crippen LogP contribution is -1.92. The number of hydrogen-bond donors (Lipinski definition) is 0. The third kappa shape index (κ3) is 3.77. The van der Waals surface area contributed by atoms with E-state index in [1.165, 1.54) is 16.7 Å². The first kappa shape index (κ1) is 17.1. The van der Waals surface area contributed by atoms with Gasteiger partial charge in [-0.3, -0.25) is 0 Å². The first-order valence-corrected chi connectivity index (χ1v) is 8.98. The zero-order chi connectivity index (χ0) is 18.6. The molecular weight excluding hydrogens is 334 g/mol. The van der Waals surface area contributed by atoms with Crippen molar-refractivity contribution in [1.82, 2.24) is 4.98 Å². The van der Waals surface area contributed by atoms with E-state index < -0.39 is 0 Å². The summed E-state index contributed by atoms with van der Waals surface area (Å²) in [7, 11) is 1.66. The maximum Gasteiger partial charge on any atom is 0.226 e. The van der Waals surface area contributed by atoms with Crippen LogP contribution in [0.3, 0.4) is 0 Å². The summed E-state index contributed by atoms with van der Waals surface area (Å²) >= 11 is 0. The monoisotopic (exact) mass is 355 g/mol. The van der Waals surface area contributed by atoms with Crippen LogP contribution in [0, 0.1) is 6.92 Å². The molecule has 0 aliphatic carbocycles. The van der Waals surface area contributed by atoms with Crippen LogP contribution < -0.4 is 4.74 Å². The topological polar surface area (TPSA) is 35.3 Å². The van der Waals surface area contributed by atoms with Gasteiger partial charge in [0, 0.05) is 12.0 Å². The molecule has 0 spiro atoms. The predicted molar refractivity (Wildman–Crippen MR) is 108 cm³/mol. The second-order valence-electron chi connectivity index (χ2n) is 6.49. The standard InChI is InChI=1S/C24H21NO2/c1-17-23(25-24(27-17)20-11-13-22(26-2)14-12-20)16-18-7-6-10-21(15-18)19-8-4-3-5-9-19/h3-15H,16H2,1-2H3. The van der Waals surface area contributed by atoms with E-state index in [4.69, 9.17) is 14.1 Å². The number of benzene rings is 3. The van der Waals surface area contributed by atoms with Crippen molar-refractivity contribution >= 4 is 0 Å². The normalized spacial score (nSPS) is 10.7. The molecule has 0 aliphatic rings.